The molecular weight excluding hydrogens is 252 g/mol. The van der Waals surface area contributed by atoms with Crippen LogP contribution in [0, 0.1) is 0 Å². The Morgan fingerprint density at radius 2 is 1.80 bits per heavy atom. The number of hydrogen-bond acceptors (Lipinski definition) is 3. The molecule has 2 N–H and O–H groups in total. The topological polar surface area (TPSA) is 50.4 Å². The number of nitrogens with one attached hydrogen (secondary N) is 2. The molecule has 0 unspecified atom stereocenters. The monoisotopic (exact) mass is 270 g/mol. The van der Waals surface area contributed by atoms with Gasteiger partial charge < -0.3 is 15.4 Å². The summed E-state index contributed by atoms with van der Waals surface area (Å²) in [7, 11) is 1.63. The fraction of sp³-hybridized carbons (Fsp3) is 0.188. The van der Waals surface area contributed by atoms with Crippen molar-refractivity contribution in [3.63, 3.8) is 0 Å². The van der Waals surface area contributed by atoms with E-state index in [1.807, 2.05) is 49.4 Å². The van der Waals surface area contributed by atoms with Gasteiger partial charge in [0, 0.05) is 12.2 Å². The predicted molar refractivity (Wildman–Crippen MR) is 80.7 cm³/mol. The number of methoxy groups -OCH3 is 1. The molecule has 1 amide bonds. The lowest BCUT2D eigenvalue weighted by Crippen LogP contribution is -2.23. The van der Waals surface area contributed by atoms with Crippen LogP contribution in [0.1, 0.15) is 17.3 Å². The summed E-state index contributed by atoms with van der Waals surface area (Å²) in [6.07, 6.45) is 0. The number of hydrogen-bond donors (Lipinski definition) is 2. The first-order chi connectivity index (χ1) is 9.74. The second kappa shape index (κ2) is 6.61. The average molecular weight is 270 g/mol. The van der Waals surface area contributed by atoms with E-state index >= 15 is 0 Å². The molecule has 0 aliphatic rings. The lowest BCUT2D eigenvalue weighted by Gasteiger charge is -2.12. The van der Waals surface area contributed by atoms with Crippen molar-refractivity contribution >= 4 is 17.3 Å². The molecule has 0 atom stereocenters. The van der Waals surface area contributed by atoms with Crippen LogP contribution in [-0.2, 0) is 0 Å². The van der Waals surface area contributed by atoms with Gasteiger partial charge in [0.05, 0.1) is 18.4 Å². The molecule has 2 aromatic carbocycles. The highest BCUT2D eigenvalue weighted by Crippen LogP contribution is 2.22. The van der Waals surface area contributed by atoms with Gasteiger partial charge in [-0.1, -0.05) is 12.1 Å². The van der Waals surface area contributed by atoms with Crippen molar-refractivity contribution in [1.82, 2.24) is 5.32 Å². The Hall–Kier alpha value is -2.49. The Bertz CT molecular complexity index is 579. The molecule has 0 saturated carbocycles. The molecule has 0 radical (unpaired) electrons. The third-order valence-corrected chi connectivity index (χ3v) is 2.88. The number of rotatable bonds is 5. The van der Waals surface area contributed by atoms with Gasteiger partial charge in [-0.3, -0.25) is 4.79 Å². The second-order valence-electron chi connectivity index (χ2n) is 4.26. The van der Waals surface area contributed by atoms with Gasteiger partial charge in [0.2, 0.25) is 0 Å². The Kier molecular flexibility index (Phi) is 4.60. The number of amides is 1. The Balaban J connectivity index is 2.21. The van der Waals surface area contributed by atoms with E-state index in [4.69, 9.17) is 4.74 Å². The zero-order valence-electron chi connectivity index (χ0n) is 11.6. The van der Waals surface area contributed by atoms with E-state index in [1.54, 1.807) is 13.2 Å². The first-order valence-electron chi connectivity index (χ1n) is 6.53. The van der Waals surface area contributed by atoms with Crippen molar-refractivity contribution in [2.24, 2.45) is 0 Å². The molecular formula is C16H18N2O2. The summed E-state index contributed by atoms with van der Waals surface area (Å²) in [6.45, 7) is 2.51. The summed E-state index contributed by atoms with van der Waals surface area (Å²) >= 11 is 0. The van der Waals surface area contributed by atoms with E-state index in [0.29, 0.717) is 12.1 Å². The summed E-state index contributed by atoms with van der Waals surface area (Å²) in [4.78, 5) is 12.0. The van der Waals surface area contributed by atoms with E-state index in [-0.39, 0.29) is 5.91 Å². The third kappa shape index (κ3) is 3.29. The van der Waals surface area contributed by atoms with Crippen LogP contribution >= 0.6 is 0 Å². The molecule has 2 rings (SSSR count). The maximum Gasteiger partial charge on any atom is 0.253 e. The highest BCUT2D eigenvalue weighted by molar-refractivity contribution is 6.00. The molecule has 0 spiro atoms. The van der Waals surface area contributed by atoms with Crippen molar-refractivity contribution in [1.29, 1.82) is 0 Å². The largest absolute Gasteiger partial charge is 0.497 e. The normalized spacial score (nSPS) is 9.90. The van der Waals surface area contributed by atoms with E-state index in [1.165, 1.54) is 0 Å². The quantitative estimate of drug-likeness (QED) is 0.877. The van der Waals surface area contributed by atoms with Crippen LogP contribution in [0.15, 0.2) is 48.5 Å². The summed E-state index contributed by atoms with van der Waals surface area (Å²) in [5, 5.41) is 6.05. The van der Waals surface area contributed by atoms with Gasteiger partial charge in [-0.15, -0.1) is 0 Å². The first kappa shape index (κ1) is 13.9. The van der Waals surface area contributed by atoms with Gasteiger partial charge in [-0.2, -0.15) is 0 Å². The molecule has 0 aliphatic heterocycles. The van der Waals surface area contributed by atoms with Crippen LogP contribution < -0.4 is 15.4 Å². The van der Waals surface area contributed by atoms with Crippen LogP contribution in [0.25, 0.3) is 0 Å². The predicted octanol–water partition coefficient (Wildman–Crippen LogP) is 3.19. The maximum atomic E-state index is 12.0. The first-order valence-corrected chi connectivity index (χ1v) is 6.53. The average Bonchev–Trinajstić information content (AvgIpc) is 2.49. The van der Waals surface area contributed by atoms with E-state index in [0.717, 1.165) is 17.1 Å². The van der Waals surface area contributed by atoms with Crippen LogP contribution in [0.2, 0.25) is 0 Å². The minimum absolute atomic E-state index is 0.0795. The minimum Gasteiger partial charge on any atom is -0.497 e. The summed E-state index contributed by atoms with van der Waals surface area (Å²) in [5.41, 5.74) is 2.32. The molecule has 0 fully saturated rings. The highest BCUT2D eigenvalue weighted by Gasteiger charge is 2.09. The summed E-state index contributed by atoms with van der Waals surface area (Å²) < 4.78 is 5.12. The lowest BCUT2D eigenvalue weighted by atomic mass is 10.1. The summed E-state index contributed by atoms with van der Waals surface area (Å²) in [6, 6.07) is 15.0. The third-order valence-electron chi connectivity index (χ3n) is 2.88. The van der Waals surface area contributed by atoms with Gasteiger partial charge in [0.1, 0.15) is 5.75 Å². The number of carbonyl (C=O) groups is 1. The number of para-hydroxylation sites is 1. The summed E-state index contributed by atoms with van der Waals surface area (Å²) in [5.74, 6) is 0.719. The fourth-order valence-electron chi connectivity index (χ4n) is 1.88. The van der Waals surface area contributed by atoms with Crippen LogP contribution in [0.5, 0.6) is 5.75 Å². The SMILES string of the molecule is CCNC(=O)c1ccccc1Nc1ccc(OC)cc1. The van der Waals surface area contributed by atoms with Crippen molar-refractivity contribution in [2.75, 3.05) is 19.0 Å². The molecule has 0 saturated heterocycles. The van der Waals surface area contributed by atoms with Crippen molar-refractivity contribution in [2.45, 2.75) is 6.92 Å². The number of carbonyl (C=O) groups excluding carboxylic acids is 1. The van der Waals surface area contributed by atoms with Crippen molar-refractivity contribution in [3.8, 4) is 5.75 Å². The standard InChI is InChI=1S/C16H18N2O2/c1-3-17-16(19)14-6-4-5-7-15(14)18-12-8-10-13(20-2)11-9-12/h4-11,18H,3H2,1-2H3,(H,17,19). The fourth-order valence-corrected chi connectivity index (χ4v) is 1.88. The molecule has 20 heavy (non-hydrogen) atoms. The van der Waals surface area contributed by atoms with Crippen LogP contribution in [0.4, 0.5) is 11.4 Å². The Morgan fingerprint density at radius 1 is 1.10 bits per heavy atom. The molecule has 0 bridgehead atoms. The van der Waals surface area contributed by atoms with Crippen LogP contribution in [0.3, 0.4) is 0 Å². The van der Waals surface area contributed by atoms with Gasteiger partial charge in [-0.05, 0) is 43.3 Å². The second-order valence-corrected chi connectivity index (χ2v) is 4.26. The number of benzene rings is 2. The van der Waals surface area contributed by atoms with Gasteiger partial charge in [-0.25, -0.2) is 0 Å². The number of anilines is 2. The van der Waals surface area contributed by atoms with E-state index < -0.39 is 0 Å². The maximum absolute atomic E-state index is 12.0. The minimum atomic E-state index is -0.0795. The molecule has 0 aromatic heterocycles. The van der Waals surface area contributed by atoms with Gasteiger partial charge in [0.15, 0.2) is 0 Å². The van der Waals surface area contributed by atoms with Crippen LogP contribution in [-0.4, -0.2) is 19.6 Å². The van der Waals surface area contributed by atoms with Crippen molar-refractivity contribution < 1.29 is 9.53 Å². The van der Waals surface area contributed by atoms with Gasteiger partial charge >= 0.3 is 0 Å². The molecule has 4 heteroatoms. The number of ether oxygens (including phenoxy) is 1. The zero-order chi connectivity index (χ0) is 14.4. The highest BCUT2D eigenvalue weighted by atomic mass is 16.5. The molecule has 104 valence electrons. The molecule has 2 aromatic rings. The van der Waals surface area contributed by atoms with Gasteiger partial charge in [0.25, 0.3) is 5.91 Å². The smallest absolute Gasteiger partial charge is 0.253 e. The molecule has 0 heterocycles. The van der Waals surface area contributed by atoms with Crippen molar-refractivity contribution in [3.05, 3.63) is 54.1 Å². The molecule has 0 aliphatic carbocycles. The van der Waals surface area contributed by atoms with E-state index in [9.17, 15) is 4.79 Å². The Morgan fingerprint density at radius 3 is 2.45 bits per heavy atom. The molecule has 4 nitrogen and oxygen atoms in total. The van der Waals surface area contributed by atoms with E-state index in [2.05, 4.69) is 10.6 Å². The Labute approximate surface area is 118 Å². The zero-order valence-corrected chi connectivity index (χ0v) is 11.6. The lowest BCUT2D eigenvalue weighted by molar-refractivity contribution is 0.0956.